The van der Waals surface area contributed by atoms with Crippen molar-refractivity contribution < 1.29 is 60.6 Å². The summed E-state index contributed by atoms with van der Waals surface area (Å²) in [5.41, 5.74) is 0.517. The van der Waals surface area contributed by atoms with E-state index in [0.717, 1.165) is 0 Å². The first kappa shape index (κ1) is 33.9. The van der Waals surface area contributed by atoms with Gasteiger partial charge in [-0.05, 0) is 55.7 Å². The van der Waals surface area contributed by atoms with Crippen LogP contribution in [0.15, 0.2) is 71.1 Å². The molecule has 11 N–H and O–H groups in total. The molecule has 2 heterocycles. The minimum atomic E-state index is -1.09. The largest absolute Gasteiger partial charge is 0.508 e. The first-order valence-corrected chi connectivity index (χ1v) is 17.2. The van der Waals surface area contributed by atoms with E-state index in [4.69, 9.17) is 20.1 Å². The molecule has 1 aromatic heterocycles. The Morgan fingerprint density at radius 1 is 0.386 bits per heavy atom. The zero-order valence-electron chi connectivity index (χ0n) is 28.9. The molecule has 0 saturated heterocycles. The zero-order valence-corrected chi connectivity index (χ0v) is 28.9. The van der Waals surface area contributed by atoms with Crippen molar-refractivity contribution in [1.29, 1.82) is 0 Å². The predicted octanol–water partition coefficient (Wildman–Crippen LogP) is 4.36. The van der Waals surface area contributed by atoms with Gasteiger partial charge in [-0.3, -0.25) is 0 Å². The highest BCUT2D eigenvalue weighted by atomic mass is 16.4. The molecule has 0 fully saturated rings. The second-order valence-electron chi connectivity index (χ2n) is 13.9. The van der Waals surface area contributed by atoms with Gasteiger partial charge in [-0.25, -0.2) is 0 Å². The average Bonchev–Trinajstić information content (AvgIpc) is 3.60. The number of furan rings is 1. The van der Waals surface area contributed by atoms with Crippen LogP contribution in [0.1, 0.15) is 0 Å². The van der Waals surface area contributed by atoms with Crippen molar-refractivity contribution in [2.24, 2.45) is 0 Å². The summed E-state index contributed by atoms with van der Waals surface area (Å²) in [6, 6.07) is 19.1. The Hall–Kier alpha value is -7.67. The first-order valence-electron chi connectivity index (χ1n) is 17.2. The number of aromatic hydroxyl groups is 11. The fourth-order valence-electron chi connectivity index (χ4n) is 8.46. The molecule has 0 unspecified atom stereocenters. The molecule has 0 aliphatic carbocycles. The van der Waals surface area contributed by atoms with E-state index in [-0.39, 0.29) is 71.4 Å². The molecule has 0 saturated carbocycles. The van der Waals surface area contributed by atoms with Crippen LogP contribution in [0.4, 0.5) is 0 Å². The smallest absolute Gasteiger partial charge is 0.208 e. The van der Waals surface area contributed by atoms with Gasteiger partial charge in [-0.2, -0.15) is 0 Å². The number of benzene rings is 8. The van der Waals surface area contributed by atoms with Crippen molar-refractivity contribution in [1.82, 2.24) is 0 Å². The lowest BCUT2D eigenvalue weighted by atomic mass is 9.51. The van der Waals surface area contributed by atoms with Gasteiger partial charge in [0.1, 0.15) is 32.8 Å². The van der Waals surface area contributed by atoms with Crippen LogP contribution >= 0.6 is 0 Å². The minimum absolute atomic E-state index is 0.00429. The standard InChI is InChI=1S/C42H22B3O12/c43-27-28(44)32(47)26-22-23(24-30(45-29(22)27)36(51)40(55)37(52)33(24)48)31(46)21-17-11-12(9-10-18(17)57-42(21)26)19-13-5-1-3-7-15(13)20(16-8-4-2-6-14(16)19)25-34(49)38(53)41(56)39(54)35(25)50/h1-11,46-56H. The van der Waals surface area contributed by atoms with E-state index in [0.29, 0.717) is 38.1 Å². The Labute approximate surface area is 322 Å². The third-order valence-electron chi connectivity index (χ3n) is 11.0. The number of hydrogen-bond donors (Lipinski definition) is 11. The molecule has 12 nitrogen and oxygen atoms in total. The molecule has 0 atom stereocenters. The second-order valence-corrected chi connectivity index (χ2v) is 13.9. The molecule has 5 radical (unpaired) electrons. The molecule has 57 heavy (non-hydrogen) atoms. The third kappa shape index (κ3) is 4.09. The predicted molar refractivity (Wildman–Crippen MR) is 217 cm³/mol. The summed E-state index contributed by atoms with van der Waals surface area (Å²) in [5.74, 6) is -9.60. The lowest BCUT2D eigenvalue weighted by Crippen LogP contribution is -2.48. The van der Waals surface area contributed by atoms with Crippen LogP contribution in [-0.2, 0) is 0 Å². The van der Waals surface area contributed by atoms with Crippen molar-refractivity contribution in [2.75, 3.05) is 0 Å². The van der Waals surface area contributed by atoms with Gasteiger partial charge in [0.05, 0.1) is 16.3 Å². The lowest BCUT2D eigenvalue weighted by molar-refractivity contribution is 0.330. The van der Waals surface area contributed by atoms with Gasteiger partial charge in [0, 0.05) is 22.1 Å². The number of fused-ring (bicyclic) bond motifs is 8. The molecule has 0 spiro atoms. The van der Waals surface area contributed by atoms with Gasteiger partial charge in [0.15, 0.2) is 35.9 Å². The lowest BCUT2D eigenvalue weighted by Gasteiger charge is -2.27. The summed E-state index contributed by atoms with van der Waals surface area (Å²) in [6.07, 6.45) is 0. The van der Waals surface area contributed by atoms with E-state index in [1.807, 2.05) is 0 Å². The summed E-state index contributed by atoms with van der Waals surface area (Å²) < 4.78 is 6.33. The normalized spacial score (nSPS) is 12.2. The molecular weight excluding hydrogens is 729 g/mol. The van der Waals surface area contributed by atoms with Gasteiger partial charge in [0.25, 0.3) is 0 Å². The van der Waals surface area contributed by atoms with Gasteiger partial charge >= 0.3 is 0 Å². The summed E-state index contributed by atoms with van der Waals surface area (Å²) in [5, 5.41) is 123. The number of phenols is 11. The fraction of sp³-hybridized carbons (Fsp3) is 0. The van der Waals surface area contributed by atoms with E-state index < -0.39 is 63.2 Å². The molecule has 271 valence electrons. The molecule has 0 bridgehead atoms. The Morgan fingerprint density at radius 2 is 0.895 bits per heavy atom. The maximum atomic E-state index is 12.3. The van der Waals surface area contributed by atoms with Gasteiger partial charge < -0.3 is 60.6 Å². The Balaban J connectivity index is 1.35. The molecule has 10 rings (SSSR count). The maximum absolute atomic E-state index is 12.3. The summed E-state index contributed by atoms with van der Waals surface area (Å²) >= 11 is 0. The SMILES string of the molecule is [B]c1c([B])c(O)c2c3c1[B]c1c(O)c(O)c(O)c(O)c1-c3c(O)c1c3cc(-c4c5ccccc5c(-c5c(O)c(O)c(O)c(O)c5O)c5ccccc45)ccc3oc21. The Morgan fingerprint density at radius 3 is 1.47 bits per heavy atom. The maximum Gasteiger partial charge on any atom is 0.208 e. The van der Waals surface area contributed by atoms with Crippen LogP contribution in [0.2, 0.25) is 0 Å². The van der Waals surface area contributed by atoms with Crippen LogP contribution in [0.25, 0.3) is 87.6 Å². The highest BCUT2D eigenvalue weighted by Gasteiger charge is 2.36. The van der Waals surface area contributed by atoms with Gasteiger partial charge in [0.2, 0.25) is 28.7 Å². The van der Waals surface area contributed by atoms with Crippen LogP contribution < -0.4 is 21.9 Å². The minimum Gasteiger partial charge on any atom is -0.508 e. The van der Waals surface area contributed by atoms with Crippen LogP contribution in [-0.4, -0.2) is 79.1 Å². The molecule has 0 amide bonds. The van der Waals surface area contributed by atoms with E-state index in [9.17, 15) is 56.2 Å². The van der Waals surface area contributed by atoms with Crippen LogP contribution in [0.3, 0.4) is 0 Å². The van der Waals surface area contributed by atoms with E-state index in [1.165, 1.54) is 7.28 Å². The summed E-state index contributed by atoms with van der Waals surface area (Å²) in [6.45, 7) is 0. The topological polar surface area (TPSA) is 236 Å². The average molecular weight is 751 g/mol. The Bertz CT molecular complexity index is 3290. The molecule has 9 aromatic rings. The highest BCUT2D eigenvalue weighted by Crippen LogP contribution is 2.59. The van der Waals surface area contributed by atoms with Gasteiger partial charge in [-0.15, -0.1) is 5.46 Å². The van der Waals surface area contributed by atoms with E-state index in [2.05, 4.69) is 0 Å². The molecular formula is C42H22B3O12. The van der Waals surface area contributed by atoms with Crippen molar-refractivity contribution in [2.45, 2.75) is 0 Å². The number of phenolic OH excluding ortho intramolecular Hbond substituents is 11. The van der Waals surface area contributed by atoms with Crippen LogP contribution in [0.5, 0.6) is 63.2 Å². The van der Waals surface area contributed by atoms with E-state index >= 15 is 0 Å². The number of hydrogen-bond acceptors (Lipinski definition) is 12. The molecule has 8 aromatic carbocycles. The van der Waals surface area contributed by atoms with Gasteiger partial charge in [-0.1, -0.05) is 65.5 Å². The summed E-state index contributed by atoms with van der Waals surface area (Å²) in [4.78, 5) is 0. The third-order valence-corrected chi connectivity index (χ3v) is 11.0. The Kier molecular flexibility index (Phi) is 6.66. The van der Waals surface area contributed by atoms with E-state index in [1.54, 1.807) is 66.7 Å². The highest BCUT2D eigenvalue weighted by molar-refractivity contribution is 6.80. The van der Waals surface area contributed by atoms with Crippen molar-refractivity contribution in [3.8, 4) is 96.6 Å². The monoisotopic (exact) mass is 751 g/mol. The molecule has 1 aliphatic rings. The second kappa shape index (κ2) is 11.2. The summed E-state index contributed by atoms with van der Waals surface area (Å²) in [7, 11) is 14.0. The first-order chi connectivity index (χ1) is 27.2. The van der Waals surface area contributed by atoms with Crippen LogP contribution in [0, 0.1) is 0 Å². The quantitative estimate of drug-likeness (QED) is 0.0512. The fourth-order valence-corrected chi connectivity index (χ4v) is 8.46. The van der Waals surface area contributed by atoms with Crippen molar-refractivity contribution in [3.05, 3.63) is 66.7 Å². The molecule has 15 heteroatoms. The van der Waals surface area contributed by atoms with Crippen molar-refractivity contribution in [3.63, 3.8) is 0 Å². The number of rotatable bonds is 2. The van der Waals surface area contributed by atoms with Crippen molar-refractivity contribution >= 4 is 99.1 Å². The molecule has 1 aliphatic heterocycles. The zero-order chi connectivity index (χ0) is 40.1.